The van der Waals surface area contributed by atoms with Crippen LogP contribution in [0, 0.1) is 5.92 Å². The Balaban J connectivity index is 1.54. The zero-order valence-electron chi connectivity index (χ0n) is 17.4. The first-order valence-electron chi connectivity index (χ1n) is 11.0. The maximum absolute atomic E-state index is 13.6. The molecule has 32 heavy (non-hydrogen) atoms. The van der Waals surface area contributed by atoms with Crippen LogP contribution in [0.4, 0.5) is 0 Å². The number of nitrogens with zero attached hydrogens (tertiary/aromatic N) is 2. The highest BCUT2D eigenvalue weighted by molar-refractivity contribution is 6.35. The zero-order valence-corrected chi connectivity index (χ0v) is 18.9. The topological polar surface area (TPSA) is 70.1 Å². The average Bonchev–Trinajstić information content (AvgIpc) is 3.27. The number of carbonyl (C=O) groups is 2. The predicted octanol–water partition coefficient (Wildman–Crippen LogP) is 4.87. The van der Waals surface area contributed by atoms with Crippen LogP contribution in [0.3, 0.4) is 0 Å². The van der Waals surface area contributed by atoms with Gasteiger partial charge in [0, 0.05) is 23.2 Å². The molecule has 1 N–H and O–H groups in total. The number of hydroxylamine groups is 2. The number of hydrogen-bond donors (Lipinski definition) is 1. The van der Waals surface area contributed by atoms with Gasteiger partial charge in [-0.25, -0.2) is 0 Å². The number of likely N-dealkylation sites (tertiary alicyclic amines) is 1. The van der Waals surface area contributed by atoms with Crippen molar-refractivity contribution in [1.82, 2.24) is 9.96 Å². The minimum Gasteiger partial charge on any atom is -0.506 e. The Bertz CT molecular complexity index is 1040. The van der Waals surface area contributed by atoms with Crippen molar-refractivity contribution in [2.24, 2.45) is 5.92 Å². The lowest BCUT2D eigenvalue weighted by molar-refractivity contribution is -0.185. The van der Waals surface area contributed by atoms with Crippen molar-refractivity contribution in [1.29, 1.82) is 0 Å². The lowest BCUT2D eigenvalue weighted by Crippen LogP contribution is -2.44. The predicted molar refractivity (Wildman–Crippen MR) is 120 cm³/mol. The highest BCUT2D eigenvalue weighted by Crippen LogP contribution is 2.50. The number of benzene rings is 2. The molecular formula is C24H24Cl2N2O4. The summed E-state index contributed by atoms with van der Waals surface area (Å²) in [7, 11) is 0. The molecule has 2 aromatic carbocycles. The van der Waals surface area contributed by atoms with Crippen molar-refractivity contribution in [3.8, 4) is 5.75 Å². The molecule has 0 bridgehead atoms. The van der Waals surface area contributed by atoms with Gasteiger partial charge in [0.2, 0.25) is 5.91 Å². The van der Waals surface area contributed by atoms with Crippen LogP contribution in [0.1, 0.15) is 49.3 Å². The van der Waals surface area contributed by atoms with Crippen LogP contribution in [0.25, 0.3) is 0 Å². The number of imide groups is 1. The zero-order chi connectivity index (χ0) is 22.4. The molecule has 6 nitrogen and oxygen atoms in total. The summed E-state index contributed by atoms with van der Waals surface area (Å²) in [6, 6.07) is 11.9. The van der Waals surface area contributed by atoms with E-state index in [1.807, 2.05) is 30.3 Å². The van der Waals surface area contributed by atoms with E-state index in [9.17, 15) is 14.7 Å². The average molecular weight is 475 g/mol. The molecule has 0 aromatic heterocycles. The smallest absolute Gasteiger partial charge is 0.261 e. The Morgan fingerprint density at radius 1 is 1.00 bits per heavy atom. The molecule has 3 unspecified atom stereocenters. The van der Waals surface area contributed by atoms with Gasteiger partial charge in [-0.2, -0.15) is 5.06 Å². The largest absolute Gasteiger partial charge is 0.506 e. The van der Waals surface area contributed by atoms with Crippen LogP contribution in [0.5, 0.6) is 5.75 Å². The molecule has 2 aromatic rings. The summed E-state index contributed by atoms with van der Waals surface area (Å²) in [5, 5.41) is 12.8. The van der Waals surface area contributed by atoms with E-state index in [-0.39, 0.29) is 28.6 Å². The molecule has 2 amide bonds. The first kappa shape index (κ1) is 21.7. The third-order valence-electron chi connectivity index (χ3n) is 6.73. The monoisotopic (exact) mass is 474 g/mol. The molecule has 3 fully saturated rings. The molecule has 2 aliphatic heterocycles. The van der Waals surface area contributed by atoms with Gasteiger partial charge in [0.1, 0.15) is 5.75 Å². The maximum Gasteiger partial charge on any atom is 0.261 e. The summed E-state index contributed by atoms with van der Waals surface area (Å²) in [6.45, 7) is 0.339. The van der Waals surface area contributed by atoms with Crippen LogP contribution >= 0.6 is 23.2 Å². The van der Waals surface area contributed by atoms with E-state index in [1.165, 1.54) is 11.0 Å². The van der Waals surface area contributed by atoms with Gasteiger partial charge in [-0.05, 0) is 30.5 Å². The molecule has 2 saturated heterocycles. The number of amides is 2. The summed E-state index contributed by atoms with van der Waals surface area (Å²) in [5.74, 6) is -1.46. The van der Waals surface area contributed by atoms with Gasteiger partial charge in [-0.1, -0.05) is 72.8 Å². The van der Waals surface area contributed by atoms with Crippen molar-refractivity contribution >= 4 is 35.0 Å². The van der Waals surface area contributed by atoms with Crippen molar-refractivity contribution < 1.29 is 19.5 Å². The highest BCUT2D eigenvalue weighted by atomic mass is 35.5. The lowest BCUT2D eigenvalue weighted by Gasteiger charge is -2.32. The second-order valence-corrected chi connectivity index (χ2v) is 9.56. The quantitative estimate of drug-likeness (QED) is 0.639. The Kier molecular flexibility index (Phi) is 5.88. The fourth-order valence-corrected chi connectivity index (χ4v) is 5.76. The van der Waals surface area contributed by atoms with Gasteiger partial charge in [-0.3, -0.25) is 19.3 Å². The summed E-state index contributed by atoms with van der Waals surface area (Å²) < 4.78 is 0. The second kappa shape index (κ2) is 8.67. The molecule has 2 heterocycles. The van der Waals surface area contributed by atoms with E-state index in [0.717, 1.165) is 37.7 Å². The van der Waals surface area contributed by atoms with Crippen molar-refractivity contribution in [3.63, 3.8) is 0 Å². The first-order valence-corrected chi connectivity index (χ1v) is 11.7. The summed E-state index contributed by atoms with van der Waals surface area (Å²) in [6.07, 6.45) is 3.86. The molecule has 1 aliphatic carbocycles. The summed E-state index contributed by atoms with van der Waals surface area (Å²) in [4.78, 5) is 34.5. The molecule has 0 spiro atoms. The van der Waals surface area contributed by atoms with Crippen LogP contribution in [-0.4, -0.2) is 39.0 Å². The van der Waals surface area contributed by atoms with E-state index in [1.54, 1.807) is 11.1 Å². The van der Waals surface area contributed by atoms with E-state index >= 15 is 0 Å². The van der Waals surface area contributed by atoms with Crippen LogP contribution in [0.2, 0.25) is 10.0 Å². The number of fused-ring (bicyclic) bond motifs is 1. The molecule has 1 saturated carbocycles. The van der Waals surface area contributed by atoms with Gasteiger partial charge in [-0.15, -0.1) is 0 Å². The maximum atomic E-state index is 13.6. The van der Waals surface area contributed by atoms with E-state index in [0.29, 0.717) is 17.1 Å². The Labute approximate surface area is 196 Å². The Morgan fingerprint density at radius 3 is 2.44 bits per heavy atom. The fourth-order valence-electron chi connectivity index (χ4n) is 5.25. The number of phenolic OH excluding ortho intramolecular Hbond substituents is 1. The third kappa shape index (κ3) is 3.69. The first-order chi connectivity index (χ1) is 15.5. The van der Waals surface area contributed by atoms with Crippen molar-refractivity contribution in [2.75, 3.05) is 0 Å². The molecule has 3 aliphatic rings. The van der Waals surface area contributed by atoms with Crippen LogP contribution < -0.4 is 0 Å². The lowest BCUT2D eigenvalue weighted by atomic mass is 9.89. The van der Waals surface area contributed by atoms with E-state index in [2.05, 4.69) is 0 Å². The number of halogens is 2. The Hall–Kier alpha value is -2.12. The van der Waals surface area contributed by atoms with Crippen LogP contribution in [0.15, 0.2) is 42.5 Å². The van der Waals surface area contributed by atoms with E-state index < -0.39 is 18.1 Å². The molecule has 8 heteroatoms. The van der Waals surface area contributed by atoms with Crippen molar-refractivity contribution in [3.05, 3.63) is 63.6 Å². The summed E-state index contributed by atoms with van der Waals surface area (Å²) >= 11 is 12.5. The SMILES string of the molecule is O=C1C2ON(Cc3ccccc3)C(c3cc(Cl)cc(Cl)c3O)C2C(=O)N1C1CCCCC1. The van der Waals surface area contributed by atoms with Crippen molar-refractivity contribution in [2.45, 2.75) is 56.8 Å². The molecule has 5 rings (SSSR count). The minimum atomic E-state index is -0.921. The van der Waals surface area contributed by atoms with Gasteiger partial charge >= 0.3 is 0 Å². The number of hydrogen-bond acceptors (Lipinski definition) is 5. The number of phenols is 1. The van der Waals surface area contributed by atoms with Gasteiger partial charge in [0.15, 0.2) is 6.10 Å². The third-order valence-corrected chi connectivity index (χ3v) is 7.23. The van der Waals surface area contributed by atoms with Gasteiger partial charge in [0.05, 0.1) is 17.0 Å². The minimum absolute atomic E-state index is 0.0854. The summed E-state index contributed by atoms with van der Waals surface area (Å²) in [5.41, 5.74) is 1.34. The number of aromatic hydroxyl groups is 1. The Morgan fingerprint density at radius 2 is 1.72 bits per heavy atom. The van der Waals surface area contributed by atoms with Crippen LogP contribution in [-0.2, 0) is 21.0 Å². The number of carbonyl (C=O) groups excluding carboxylic acids is 2. The fraction of sp³-hybridized carbons (Fsp3) is 0.417. The molecule has 0 radical (unpaired) electrons. The standard InChI is InChI=1S/C24H24Cl2N2O4/c25-15-11-17(21(29)18(26)12-15)20-19-22(32-27(20)13-14-7-3-1-4-8-14)24(31)28(23(19)30)16-9-5-2-6-10-16/h1,3-4,7-8,11-12,16,19-20,22,29H,2,5-6,9-10,13H2. The highest BCUT2D eigenvalue weighted by Gasteiger charge is 2.61. The van der Waals surface area contributed by atoms with E-state index in [4.69, 9.17) is 28.0 Å². The van der Waals surface area contributed by atoms with Gasteiger partial charge < -0.3 is 5.11 Å². The molecular weight excluding hydrogens is 451 g/mol. The molecule has 168 valence electrons. The number of rotatable bonds is 4. The molecule has 3 atom stereocenters. The second-order valence-electron chi connectivity index (χ2n) is 8.72. The van der Waals surface area contributed by atoms with Gasteiger partial charge in [0.25, 0.3) is 5.91 Å². The normalized spacial score (nSPS) is 26.7.